The van der Waals surface area contributed by atoms with Crippen LogP contribution < -0.4 is 18.9 Å². The fourth-order valence-electron chi connectivity index (χ4n) is 2.74. The molecule has 2 aromatic rings. The molecule has 25 heavy (non-hydrogen) atoms. The van der Waals surface area contributed by atoms with Gasteiger partial charge < -0.3 is 18.9 Å². The number of aryl methyl sites for hydroxylation is 1. The monoisotopic (exact) mass is 345 g/mol. The number of methoxy groups -OCH3 is 4. The number of ketones is 1. The zero-order valence-electron chi connectivity index (χ0n) is 15.3. The van der Waals surface area contributed by atoms with Crippen LogP contribution in [0.1, 0.15) is 34.8 Å². The van der Waals surface area contributed by atoms with Gasteiger partial charge in [0.25, 0.3) is 0 Å². The molecular formula is C20H24O5. The van der Waals surface area contributed by atoms with E-state index in [2.05, 4.69) is 6.92 Å². The summed E-state index contributed by atoms with van der Waals surface area (Å²) in [5, 5.41) is 0. The summed E-state index contributed by atoms with van der Waals surface area (Å²) in [5.41, 5.74) is 2.06. The minimum Gasteiger partial charge on any atom is -0.493 e. The first-order valence-corrected chi connectivity index (χ1v) is 8.11. The lowest BCUT2D eigenvalue weighted by atomic mass is 10.0. The van der Waals surface area contributed by atoms with Gasteiger partial charge in [-0.25, -0.2) is 0 Å². The number of hydrogen-bond donors (Lipinski definition) is 0. The number of carbonyl (C=O) groups is 1. The molecule has 0 aromatic heterocycles. The van der Waals surface area contributed by atoms with Crippen molar-refractivity contribution in [2.24, 2.45) is 0 Å². The van der Waals surface area contributed by atoms with Crippen LogP contribution in [-0.4, -0.2) is 34.2 Å². The average Bonchev–Trinajstić information content (AvgIpc) is 2.66. The molecule has 0 spiro atoms. The van der Waals surface area contributed by atoms with Crippen molar-refractivity contribution in [3.63, 3.8) is 0 Å². The molecule has 2 aromatic carbocycles. The smallest absolute Gasteiger partial charge is 0.193 e. The maximum atomic E-state index is 13.1. The summed E-state index contributed by atoms with van der Waals surface area (Å²) in [7, 11) is 6.25. The fraction of sp³-hybridized carbons (Fsp3) is 0.350. The van der Waals surface area contributed by atoms with E-state index in [0.717, 1.165) is 18.4 Å². The third kappa shape index (κ3) is 3.87. The zero-order valence-corrected chi connectivity index (χ0v) is 15.3. The zero-order chi connectivity index (χ0) is 18.4. The second kappa shape index (κ2) is 8.42. The lowest BCUT2D eigenvalue weighted by Crippen LogP contribution is -2.08. The van der Waals surface area contributed by atoms with E-state index in [1.165, 1.54) is 0 Å². The number of hydrogen-bond acceptors (Lipinski definition) is 5. The van der Waals surface area contributed by atoms with Gasteiger partial charge in [0.2, 0.25) is 0 Å². The van der Waals surface area contributed by atoms with Gasteiger partial charge in [-0.3, -0.25) is 4.79 Å². The largest absolute Gasteiger partial charge is 0.493 e. The molecule has 0 aliphatic carbocycles. The van der Waals surface area contributed by atoms with Crippen LogP contribution >= 0.6 is 0 Å². The Balaban J connectivity index is 2.54. The standard InChI is InChI=1S/C20H24O5/c1-6-7-13-10-18(24-4)19(25-5)12-15(13)20(21)14-8-9-16(22-2)17(11-14)23-3/h8-12H,6-7H2,1-5H3/i20+1. The first-order valence-electron chi connectivity index (χ1n) is 8.11. The molecule has 0 aliphatic heterocycles. The molecule has 2 rings (SSSR count). The van der Waals surface area contributed by atoms with Gasteiger partial charge in [-0.15, -0.1) is 0 Å². The highest BCUT2D eigenvalue weighted by Crippen LogP contribution is 2.34. The quantitative estimate of drug-likeness (QED) is 0.536. The van der Waals surface area contributed by atoms with Gasteiger partial charge in [-0.1, -0.05) is 13.3 Å². The molecule has 0 bridgehead atoms. The third-order valence-electron chi connectivity index (χ3n) is 4.02. The normalized spacial score (nSPS) is 10.3. The summed E-state index contributed by atoms with van der Waals surface area (Å²) in [4.78, 5) is 13.1. The van der Waals surface area contributed by atoms with E-state index in [0.29, 0.717) is 34.1 Å². The highest BCUT2D eigenvalue weighted by atomic mass is 16.5. The average molecular weight is 345 g/mol. The van der Waals surface area contributed by atoms with E-state index >= 15 is 0 Å². The van der Waals surface area contributed by atoms with Gasteiger partial charge in [0.05, 0.1) is 28.4 Å². The molecular weight excluding hydrogens is 321 g/mol. The van der Waals surface area contributed by atoms with Crippen molar-refractivity contribution in [2.75, 3.05) is 28.4 Å². The molecule has 0 atom stereocenters. The summed E-state index contributed by atoms with van der Waals surface area (Å²) in [5.74, 6) is 2.16. The van der Waals surface area contributed by atoms with Crippen molar-refractivity contribution in [2.45, 2.75) is 19.8 Å². The summed E-state index contributed by atoms with van der Waals surface area (Å²) >= 11 is 0. The lowest BCUT2D eigenvalue weighted by Gasteiger charge is -2.15. The van der Waals surface area contributed by atoms with E-state index in [1.54, 1.807) is 52.7 Å². The second-order valence-electron chi connectivity index (χ2n) is 5.51. The molecule has 0 unspecified atom stereocenters. The molecule has 134 valence electrons. The Hall–Kier alpha value is -2.69. The second-order valence-corrected chi connectivity index (χ2v) is 5.51. The van der Waals surface area contributed by atoms with E-state index in [9.17, 15) is 4.79 Å². The van der Waals surface area contributed by atoms with Crippen molar-refractivity contribution < 1.29 is 23.7 Å². The van der Waals surface area contributed by atoms with Gasteiger partial charge in [-0.05, 0) is 42.3 Å². The molecule has 5 nitrogen and oxygen atoms in total. The number of rotatable bonds is 8. The van der Waals surface area contributed by atoms with Crippen LogP contribution in [0.3, 0.4) is 0 Å². The first kappa shape index (κ1) is 18.6. The summed E-state index contributed by atoms with van der Waals surface area (Å²) < 4.78 is 21.2. The number of benzene rings is 2. The molecule has 0 heterocycles. The number of ether oxygens (including phenoxy) is 4. The highest BCUT2D eigenvalue weighted by molar-refractivity contribution is 6.10. The minimum atomic E-state index is -0.0923. The van der Waals surface area contributed by atoms with Crippen molar-refractivity contribution in [1.82, 2.24) is 0 Å². The molecule has 0 radical (unpaired) electrons. The Kier molecular flexibility index (Phi) is 6.28. The molecule has 0 aliphatic rings. The third-order valence-corrected chi connectivity index (χ3v) is 4.02. The van der Waals surface area contributed by atoms with Gasteiger partial charge in [0.15, 0.2) is 28.8 Å². The Morgan fingerprint density at radius 3 is 1.92 bits per heavy atom. The molecule has 0 saturated heterocycles. The number of carbonyl (C=O) groups excluding carboxylic acids is 1. The molecule has 0 saturated carbocycles. The molecule has 5 heteroatoms. The van der Waals surface area contributed by atoms with E-state index in [-0.39, 0.29) is 5.78 Å². The van der Waals surface area contributed by atoms with Crippen molar-refractivity contribution in [3.8, 4) is 23.0 Å². The molecule has 0 amide bonds. The van der Waals surface area contributed by atoms with Crippen molar-refractivity contribution >= 4 is 5.78 Å². The summed E-state index contributed by atoms with van der Waals surface area (Å²) in [6, 6.07) is 8.76. The Labute approximate surface area is 148 Å². The SMILES string of the molecule is CCCc1cc(OC)c(OC)cc1[13C](=O)c1ccc(OC)c(OC)c1. The minimum absolute atomic E-state index is 0.0923. The summed E-state index contributed by atoms with van der Waals surface area (Å²) in [6.45, 7) is 2.07. The molecule has 0 fully saturated rings. The Morgan fingerprint density at radius 1 is 0.800 bits per heavy atom. The predicted octanol–water partition coefficient (Wildman–Crippen LogP) is 3.90. The van der Waals surface area contributed by atoms with Gasteiger partial charge in [0.1, 0.15) is 0 Å². The topological polar surface area (TPSA) is 54.0 Å². The van der Waals surface area contributed by atoms with Crippen LogP contribution in [0, 0.1) is 0 Å². The van der Waals surface area contributed by atoms with Crippen LogP contribution in [0.2, 0.25) is 0 Å². The van der Waals surface area contributed by atoms with E-state index < -0.39 is 0 Å². The van der Waals surface area contributed by atoms with Gasteiger partial charge in [-0.2, -0.15) is 0 Å². The summed E-state index contributed by atoms with van der Waals surface area (Å²) in [6.07, 6.45) is 1.69. The van der Waals surface area contributed by atoms with Crippen molar-refractivity contribution in [3.05, 3.63) is 47.0 Å². The van der Waals surface area contributed by atoms with Crippen LogP contribution in [-0.2, 0) is 6.42 Å². The van der Waals surface area contributed by atoms with Crippen LogP contribution in [0.5, 0.6) is 23.0 Å². The lowest BCUT2D eigenvalue weighted by molar-refractivity contribution is 0.103. The van der Waals surface area contributed by atoms with Crippen LogP contribution in [0.25, 0.3) is 0 Å². The van der Waals surface area contributed by atoms with Crippen molar-refractivity contribution in [1.29, 1.82) is 0 Å². The Bertz CT molecular complexity index is 752. The van der Waals surface area contributed by atoms with E-state index in [1.807, 2.05) is 6.07 Å². The fourth-order valence-corrected chi connectivity index (χ4v) is 2.74. The Morgan fingerprint density at radius 2 is 1.36 bits per heavy atom. The van der Waals surface area contributed by atoms with Crippen LogP contribution in [0.15, 0.2) is 30.3 Å². The maximum Gasteiger partial charge on any atom is 0.193 e. The van der Waals surface area contributed by atoms with E-state index in [4.69, 9.17) is 18.9 Å². The highest BCUT2D eigenvalue weighted by Gasteiger charge is 2.19. The molecule has 0 N–H and O–H groups in total. The first-order chi connectivity index (χ1) is 12.1. The maximum absolute atomic E-state index is 13.1. The van der Waals surface area contributed by atoms with Gasteiger partial charge >= 0.3 is 0 Å². The predicted molar refractivity (Wildman–Crippen MR) is 96.5 cm³/mol. The van der Waals surface area contributed by atoms with Gasteiger partial charge in [0, 0.05) is 11.1 Å². The van der Waals surface area contributed by atoms with Crippen LogP contribution in [0.4, 0.5) is 0 Å².